The van der Waals surface area contributed by atoms with Gasteiger partial charge in [0.2, 0.25) is 15.9 Å². The monoisotopic (exact) mass is 416 g/mol. The van der Waals surface area contributed by atoms with Crippen LogP contribution in [0.25, 0.3) is 0 Å². The predicted molar refractivity (Wildman–Crippen MR) is 107 cm³/mol. The normalized spacial score (nSPS) is 15.8. The molecule has 1 saturated heterocycles. The van der Waals surface area contributed by atoms with Gasteiger partial charge in [0.05, 0.1) is 11.5 Å². The number of carbonyl (C=O) groups excluding carboxylic acids is 2. The van der Waals surface area contributed by atoms with Crippen LogP contribution in [0.1, 0.15) is 35.7 Å². The number of amides is 1. The number of hydrogen-bond donors (Lipinski definition) is 1. The average Bonchev–Trinajstić information content (AvgIpc) is 2.74. The van der Waals surface area contributed by atoms with Crippen molar-refractivity contribution >= 4 is 21.7 Å². The molecule has 0 saturated carbocycles. The fourth-order valence-electron chi connectivity index (χ4n) is 3.23. The highest BCUT2D eigenvalue weighted by Gasteiger charge is 2.32. The molecule has 0 aromatic heterocycles. The van der Waals surface area contributed by atoms with E-state index in [1.165, 1.54) is 23.4 Å². The van der Waals surface area contributed by atoms with Gasteiger partial charge in [-0.3, -0.25) is 14.4 Å². The Hall–Kier alpha value is -2.55. The lowest BCUT2D eigenvalue weighted by molar-refractivity contribution is -0.140. The van der Waals surface area contributed by atoms with Gasteiger partial charge in [-0.2, -0.15) is 4.31 Å². The fraction of sp³-hybridized carbons (Fsp3) is 0.333. The van der Waals surface area contributed by atoms with Gasteiger partial charge < -0.3 is 0 Å². The van der Waals surface area contributed by atoms with Gasteiger partial charge in [-0.25, -0.2) is 13.9 Å². The van der Waals surface area contributed by atoms with E-state index < -0.39 is 10.0 Å². The highest BCUT2D eigenvalue weighted by molar-refractivity contribution is 7.89. The van der Waals surface area contributed by atoms with Crippen molar-refractivity contribution in [1.29, 1.82) is 0 Å². The summed E-state index contributed by atoms with van der Waals surface area (Å²) < 4.78 is 27.1. The maximum atomic E-state index is 12.9. The van der Waals surface area contributed by atoms with Crippen molar-refractivity contribution in [2.24, 2.45) is 5.92 Å². The number of ketones is 1. The summed E-state index contributed by atoms with van der Waals surface area (Å²) in [6.45, 7) is 2.15. The molecule has 154 valence electrons. The number of Topliss-reactive ketones (excluding diaryl/α,β-unsaturated/α-hetero) is 1. The number of nitrogens with zero attached hydrogens (tertiary/aromatic N) is 1. The SMILES string of the molecule is CC(=O)c1cccc(S(=O)(=O)N2CCC(C(=O)NOCc3ccccc3)CC2)c1. The van der Waals surface area contributed by atoms with Crippen LogP contribution in [-0.2, 0) is 26.3 Å². The minimum Gasteiger partial charge on any atom is -0.295 e. The van der Waals surface area contributed by atoms with E-state index in [9.17, 15) is 18.0 Å². The van der Waals surface area contributed by atoms with Crippen molar-refractivity contribution in [1.82, 2.24) is 9.79 Å². The van der Waals surface area contributed by atoms with E-state index in [0.717, 1.165) is 5.56 Å². The number of piperidine rings is 1. The Balaban J connectivity index is 1.53. The maximum absolute atomic E-state index is 12.9. The van der Waals surface area contributed by atoms with Gasteiger partial charge in [0.1, 0.15) is 0 Å². The van der Waals surface area contributed by atoms with Crippen LogP contribution in [-0.4, -0.2) is 37.5 Å². The van der Waals surface area contributed by atoms with Crippen molar-refractivity contribution in [3.63, 3.8) is 0 Å². The summed E-state index contributed by atoms with van der Waals surface area (Å²) in [6.07, 6.45) is 0.818. The molecular formula is C21H24N2O5S. The van der Waals surface area contributed by atoms with Gasteiger partial charge in [0, 0.05) is 24.6 Å². The van der Waals surface area contributed by atoms with Gasteiger partial charge in [-0.1, -0.05) is 42.5 Å². The van der Waals surface area contributed by atoms with E-state index in [0.29, 0.717) is 18.4 Å². The van der Waals surface area contributed by atoms with Crippen molar-refractivity contribution in [3.05, 3.63) is 65.7 Å². The molecule has 3 rings (SSSR count). The Bertz CT molecular complexity index is 968. The third-order valence-electron chi connectivity index (χ3n) is 4.96. The number of rotatable bonds is 7. The second-order valence-corrected chi connectivity index (χ2v) is 8.94. The first kappa shape index (κ1) is 21.2. The van der Waals surface area contributed by atoms with E-state index in [2.05, 4.69) is 5.48 Å². The quantitative estimate of drug-likeness (QED) is 0.553. The summed E-state index contributed by atoms with van der Waals surface area (Å²) in [5.74, 6) is -0.731. The zero-order chi connectivity index (χ0) is 20.9. The summed E-state index contributed by atoms with van der Waals surface area (Å²) in [6, 6.07) is 15.5. The number of sulfonamides is 1. The molecule has 1 N–H and O–H groups in total. The molecule has 1 amide bonds. The standard InChI is InChI=1S/C21H24N2O5S/c1-16(24)19-8-5-9-20(14-19)29(26,27)23-12-10-18(11-13-23)21(25)22-28-15-17-6-3-2-4-7-17/h2-9,14,18H,10-13,15H2,1H3,(H,22,25). The van der Waals surface area contributed by atoms with Gasteiger partial charge >= 0.3 is 0 Å². The minimum absolute atomic E-state index is 0.0966. The first-order valence-corrected chi connectivity index (χ1v) is 10.9. The summed E-state index contributed by atoms with van der Waals surface area (Å²) in [5.41, 5.74) is 3.76. The Kier molecular flexibility index (Phi) is 6.79. The van der Waals surface area contributed by atoms with Gasteiger partial charge in [0.15, 0.2) is 5.78 Å². The second-order valence-electron chi connectivity index (χ2n) is 7.00. The minimum atomic E-state index is -3.70. The van der Waals surface area contributed by atoms with E-state index in [-0.39, 0.29) is 42.2 Å². The van der Waals surface area contributed by atoms with Crippen LogP contribution in [0.3, 0.4) is 0 Å². The lowest BCUT2D eigenvalue weighted by Gasteiger charge is -2.30. The topological polar surface area (TPSA) is 92.8 Å². The first-order chi connectivity index (χ1) is 13.9. The highest BCUT2D eigenvalue weighted by atomic mass is 32.2. The molecule has 1 aliphatic rings. The largest absolute Gasteiger partial charge is 0.295 e. The molecule has 0 atom stereocenters. The van der Waals surface area contributed by atoms with Gasteiger partial charge in [0.25, 0.3) is 0 Å². The Morgan fingerprint density at radius 3 is 2.41 bits per heavy atom. The van der Waals surface area contributed by atoms with E-state index in [1.807, 2.05) is 30.3 Å². The van der Waals surface area contributed by atoms with Crippen LogP contribution < -0.4 is 5.48 Å². The molecule has 0 unspecified atom stereocenters. The molecular weight excluding hydrogens is 392 g/mol. The molecule has 1 heterocycles. The van der Waals surface area contributed by atoms with Crippen LogP contribution in [0.5, 0.6) is 0 Å². The van der Waals surface area contributed by atoms with Crippen molar-refractivity contribution in [3.8, 4) is 0 Å². The van der Waals surface area contributed by atoms with E-state index >= 15 is 0 Å². The third kappa shape index (κ3) is 5.29. The third-order valence-corrected chi connectivity index (χ3v) is 6.85. The molecule has 1 fully saturated rings. The molecule has 29 heavy (non-hydrogen) atoms. The van der Waals surface area contributed by atoms with Crippen LogP contribution in [0, 0.1) is 5.92 Å². The van der Waals surface area contributed by atoms with E-state index in [4.69, 9.17) is 4.84 Å². The van der Waals surface area contributed by atoms with Crippen molar-refractivity contribution in [2.75, 3.05) is 13.1 Å². The van der Waals surface area contributed by atoms with E-state index in [1.54, 1.807) is 12.1 Å². The molecule has 2 aromatic carbocycles. The zero-order valence-electron chi connectivity index (χ0n) is 16.2. The van der Waals surface area contributed by atoms with Gasteiger partial charge in [-0.15, -0.1) is 0 Å². The summed E-state index contributed by atoms with van der Waals surface area (Å²) >= 11 is 0. The second kappa shape index (κ2) is 9.30. The number of hydroxylamine groups is 1. The van der Waals surface area contributed by atoms with Gasteiger partial charge in [-0.05, 0) is 37.5 Å². The maximum Gasteiger partial charge on any atom is 0.246 e. The molecule has 8 heteroatoms. The zero-order valence-corrected chi connectivity index (χ0v) is 17.0. The summed E-state index contributed by atoms with van der Waals surface area (Å²) in [4.78, 5) is 29.2. The summed E-state index contributed by atoms with van der Waals surface area (Å²) in [5, 5.41) is 0. The van der Waals surface area contributed by atoms with Crippen LogP contribution in [0.2, 0.25) is 0 Å². The molecule has 1 aliphatic heterocycles. The number of hydrogen-bond acceptors (Lipinski definition) is 5. The molecule has 0 bridgehead atoms. The average molecular weight is 416 g/mol. The number of benzene rings is 2. The Labute approximate surface area is 170 Å². The lowest BCUT2D eigenvalue weighted by Crippen LogP contribution is -2.43. The fourth-order valence-corrected chi connectivity index (χ4v) is 4.75. The molecule has 7 nitrogen and oxygen atoms in total. The number of carbonyl (C=O) groups is 2. The highest BCUT2D eigenvalue weighted by Crippen LogP contribution is 2.24. The van der Waals surface area contributed by atoms with Crippen LogP contribution in [0.4, 0.5) is 0 Å². The van der Waals surface area contributed by atoms with Crippen LogP contribution >= 0.6 is 0 Å². The number of nitrogens with one attached hydrogen (secondary N) is 1. The Morgan fingerprint density at radius 1 is 1.07 bits per heavy atom. The smallest absolute Gasteiger partial charge is 0.246 e. The predicted octanol–water partition coefficient (Wildman–Crippen LogP) is 2.54. The van der Waals surface area contributed by atoms with Crippen molar-refractivity contribution < 1.29 is 22.8 Å². The Morgan fingerprint density at radius 2 is 1.76 bits per heavy atom. The molecule has 0 aliphatic carbocycles. The lowest BCUT2D eigenvalue weighted by atomic mass is 9.98. The van der Waals surface area contributed by atoms with Crippen molar-refractivity contribution in [2.45, 2.75) is 31.3 Å². The summed E-state index contributed by atoms with van der Waals surface area (Å²) in [7, 11) is -3.70. The van der Waals surface area contributed by atoms with Crippen LogP contribution in [0.15, 0.2) is 59.5 Å². The first-order valence-electron chi connectivity index (χ1n) is 9.44. The molecule has 0 radical (unpaired) electrons. The molecule has 2 aromatic rings. The molecule has 0 spiro atoms.